The van der Waals surface area contributed by atoms with Crippen LogP contribution in [0, 0.1) is 0 Å². The molecule has 0 radical (unpaired) electrons. The van der Waals surface area contributed by atoms with Gasteiger partial charge in [-0.05, 0) is 36.2 Å². The summed E-state index contributed by atoms with van der Waals surface area (Å²) in [5, 5.41) is 6.41. The van der Waals surface area contributed by atoms with Crippen molar-refractivity contribution in [1.29, 1.82) is 0 Å². The number of fused-ring (bicyclic) bond motifs is 1. The lowest BCUT2D eigenvalue weighted by Crippen LogP contribution is -2.52. The number of benzene rings is 1. The lowest BCUT2D eigenvalue weighted by Gasteiger charge is -2.29. The second-order valence-electron chi connectivity index (χ2n) is 7.40. The molecule has 0 saturated carbocycles. The Kier molecular flexibility index (Phi) is 4.50. The first-order chi connectivity index (χ1) is 15.0. The lowest BCUT2D eigenvalue weighted by molar-refractivity contribution is -0.136. The molecule has 3 amide bonds. The molecule has 1 atom stereocenters. The van der Waals surface area contributed by atoms with Gasteiger partial charge in [0.25, 0.3) is 5.91 Å². The normalized spacial score (nSPS) is 18.2. The van der Waals surface area contributed by atoms with Crippen LogP contribution in [0.5, 0.6) is 5.75 Å². The summed E-state index contributed by atoms with van der Waals surface area (Å²) in [7, 11) is 1.56. The fourth-order valence-electron chi connectivity index (χ4n) is 4.00. The van der Waals surface area contributed by atoms with Crippen LogP contribution in [-0.4, -0.2) is 45.9 Å². The Balaban J connectivity index is 1.42. The average Bonchev–Trinajstić information content (AvgIpc) is 3.39. The highest BCUT2D eigenvalue weighted by molar-refractivity contribution is 6.05. The quantitative estimate of drug-likeness (QED) is 0.646. The van der Waals surface area contributed by atoms with Gasteiger partial charge in [0.1, 0.15) is 23.2 Å². The number of ether oxygens (including phenoxy) is 1. The highest BCUT2D eigenvalue weighted by Gasteiger charge is 2.39. The molecule has 1 fully saturated rings. The molecular weight excluding hydrogens is 400 g/mol. The molecule has 0 spiro atoms. The van der Waals surface area contributed by atoms with E-state index in [1.165, 1.54) is 4.90 Å². The predicted molar refractivity (Wildman–Crippen MR) is 108 cm³/mol. The van der Waals surface area contributed by atoms with Crippen LogP contribution in [0.1, 0.15) is 28.8 Å². The van der Waals surface area contributed by atoms with Crippen LogP contribution in [0.4, 0.5) is 0 Å². The Morgan fingerprint density at radius 3 is 2.87 bits per heavy atom. The number of piperidine rings is 1. The van der Waals surface area contributed by atoms with Gasteiger partial charge in [-0.3, -0.25) is 24.7 Å². The number of nitrogens with zero attached hydrogens (tertiary/aromatic N) is 3. The van der Waals surface area contributed by atoms with Crippen molar-refractivity contribution in [3.63, 3.8) is 0 Å². The van der Waals surface area contributed by atoms with Crippen molar-refractivity contribution in [1.82, 2.24) is 20.4 Å². The number of pyridine rings is 1. The summed E-state index contributed by atoms with van der Waals surface area (Å²) < 4.78 is 10.8. The van der Waals surface area contributed by atoms with Crippen molar-refractivity contribution in [3.05, 3.63) is 53.7 Å². The Morgan fingerprint density at radius 1 is 1.19 bits per heavy atom. The maximum absolute atomic E-state index is 12.8. The molecule has 5 rings (SSSR count). The largest absolute Gasteiger partial charge is 0.494 e. The zero-order valence-electron chi connectivity index (χ0n) is 16.6. The molecule has 156 valence electrons. The van der Waals surface area contributed by atoms with Crippen molar-refractivity contribution in [2.45, 2.75) is 25.4 Å². The topological polar surface area (TPSA) is 115 Å². The number of carbonyl (C=O) groups is 3. The molecule has 9 nitrogen and oxygen atoms in total. The van der Waals surface area contributed by atoms with Crippen LogP contribution in [0.3, 0.4) is 0 Å². The smallest absolute Gasteiger partial charge is 0.255 e. The van der Waals surface area contributed by atoms with Gasteiger partial charge in [-0.25, -0.2) is 0 Å². The monoisotopic (exact) mass is 418 g/mol. The molecule has 0 aliphatic carbocycles. The molecule has 4 heterocycles. The summed E-state index contributed by atoms with van der Waals surface area (Å²) in [4.78, 5) is 42.3. The Labute approximate surface area is 177 Å². The van der Waals surface area contributed by atoms with Gasteiger partial charge in [0.2, 0.25) is 11.8 Å². The van der Waals surface area contributed by atoms with Gasteiger partial charge < -0.3 is 14.2 Å². The van der Waals surface area contributed by atoms with Crippen LogP contribution in [-0.2, 0) is 16.1 Å². The van der Waals surface area contributed by atoms with Gasteiger partial charge in [0.05, 0.1) is 7.11 Å². The van der Waals surface area contributed by atoms with E-state index in [1.54, 1.807) is 43.6 Å². The summed E-state index contributed by atoms with van der Waals surface area (Å²) in [5.41, 5.74) is 3.19. The van der Waals surface area contributed by atoms with Crippen LogP contribution in [0.15, 0.2) is 47.1 Å². The molecule has 1 unspecified atom stereocenters. The third-order valence-corrected chi connectivity index (χ3v) is 5.55. The SMILES string of the molecule is COc1cccnc1-c1cc(-c2ccc3c(c2)CN(C2CCC(=O)NC2=O)C3=O)on1. The van der Waals surface area contributed by atoms with Crippen LogP contribution >= 0.6 is 0 Å². The van der Waals surface area contributed by atoms with E-state index in [4.69, 9.17) is 9.26 Å². The highest BCUT2D eigenvalue weighted by atomic mass is 16.5. The molecule has 0 bridgehead atoms. The Bertz CT molecular complexity index is 1220. The number of hydrogen-bond acceptors (Lipinski definition) is 7. The summed E-state index contributed by atoms with van der Waals surface area (Å²) in [6.07, 6.45) is 2.20. The van der Waals surface area contributed by atoms with E-state index >= 15 is 0 Å². The molecular formula is C22H18N4O5. The first-order valence-corrected chi connectivity index (χ1v) is 9.79. The minimum atomic E-state index is -0.644. The van der Waals surface area contributed by atoms with Crippen molar-refractivity contribution in [2.75, 3.05) is 7.11 Å². The number of rotatable bonds is 4. The standard InChI is InChI=1S/C22H18N4O5/c1-30-17-3-2-8-23-20(17)15-10-18(31-25-15)12-4-5-14-13(9-12)11-26(22(14)29)16-6-7-19(27)24-21(16)28/h2-5,8-10,16H,6-7,11H2,1H3,(H,24,27,28). The van der Waals surface area contributed by atoms with Crippen molar-refractivity contribution >= 4 is 17.7 Å². The van der Waals surface area contributed by atoms with Crippen LogP contribution in [0.2, 0.25) is 0 Å². The molecule has 1 saturated heterocycles. The van der Waals surface area contributed by atoms with Gasteiger partial charge in [-0.15, -0.1) is 0 Å². The number of methoxy groups -OCH3 is 1. The molecule has 1 N–H and O–H groups in total. The van der Waals surface area contributed by atoms with E-state index in [-0.39, 0.29) is 18.2 Å². The fraction of sp³-hybridized carbons (Fsp3) is 0.227. The Hall–Kier alpha value is -4.01. The molecule has 2 aromatic heterocycles. The average molecular weight is 418 g/mol. The molecule has 2 aliphatic heterocycles. The van der Waals surface area contributed by atoms with Gasteiger partial charge in [-0.1, -0.05) is 11.2 Å². The third-order valence-electron chi connectivity index (χ3n) is 5.55. The minimum Gasteiger partial charge on any atom is -0.494 e. The Morgan fingerprint density at radius 2 is 2.06 bits per heavy atom. The van der Waals surface area contributed by atoms with Crippen molar-refractivity contribution < 1.29 is 23.6 Å². The maximum Gasteiger partial charge on any atom is 0.255 e. The number of hydrogen-bond donors (Lipinski definition) is 1. The summed E-state index contributed by atoms with van der Waals surface area (Å²) in [5.74, 6) is 0.159. The highest BCUT2D eigenvalue weighted by Crippen LogP contribution is 2.33. The summed E-state index contributed by atoms with van der Waals surface area (Å²) in [6.45, 7) is 0.295. The lowest BCUT2D eigenvalue weighted by atomic mass is 10.0. The maximum atomic E-state index is 12.8. The van der Waals surface area contributed by atoms with Crippen LogP contribution in [0.25, 0.3) is 22.7 Å². The van der Waals surface area contributed by atoms with Gasteiger partial charge in [0, 0.05) is 36.4 Å². The molecule has 1 aromatic carbocycles. The zero-order chi connectivity index (χ0) is 21.5. The fourth-order valence-corrected chi connectivity index (χ4v) is 4.00. The van der Waals surface area contributed by atoms with Gasteiger partial charge in [0.15, 0.2) is 5.76 Å². The van der Waals surface area contributed by atoms with Crippen LogP contribution < -0.4 is 10.1 Å². The zero-order valence-corrected chi connectivity index (χ0v) is 16.6. The van der Waals surface area contributed by atoms with E-state index in [9.17, 15) is 14.4 Å². The number of imide groups is 1. The summed E-state index contributed by atoms with van der Waals surface area (Å²) >= 11 is 0. The van der Waals surface area contributed by atoms with Gasteiger partial charge in [-0.2, -0.15) is 0 Å². The van der Waals surface area contributed by atoms with E-state index < -0.39 is 11.9 Å². The molecule has 3 aromatic rings. The first-order valence-electron chi connectivity index (χ1n) is 9.79. The molecule has 2 aliphatic rings. The molecule has 31 heavy (non-hydrogen) atoms. The number of amides is 3. The van der Waals surface area contributed by atoms with Crippen molar-refractivity contribution in [3.8, 4) is 28.5 Å². The molecule has 9 heteroatoms. The van der Waals surface area contributed by atoms with E-state index in [0.717, 1.165) is 11.1 Å². The second-order valence-corrected chi connectivity index (χ2v) is 7.40. The number of aromatic nitrogens is 2. The van der Waals surface area contributed by atoms with E-state index in [1.807, 2.05) is 6.07 Å². The van der Waals surface area contributed by atoms with Crippen molar-refractivity contribution in [2.24, 2.45) is 0 Å². The van der Waals surface area contributed by atoms with Gasteiger partial charge >= 0.3 is 0 Å². The minimum absolute atomic E-state index is 0.215. The third kappa shape index (κ3) is 3.24. The summed E-state index contributed by atoms with van der Waals surface area (Å²) in [6, 6.07) is 10.1. The second kappa shape index (κ2) is 7.35. The predicted octanol–water partition coefficient (Wildman–Crippen LogP) is 2.17. The number of carbonyl (C=O) groups excluding carboxylic acids is 3. The van der Waals surface area contributed by atoms with E-state index in [2.05, 4.69) is 15.5 Å². The number of nitrogens with one attached hydrogen (secondary N) is 1. The first kappa shape index (κ1) is 19.0. The van der Waals surface area contributed by atoms with E-state index in [0.29, 0.717) is 41.4 Å².